The van der Waals surface area contributed by atoms with Gasteiger partial charge in [0, 0.05) is 12.8 Å². The van der Waals surface area contributed by atoms with Crippen molar-refractivity contribution in [2.24, 2.45) is 0 Å². The summed E-state index contributed by atoms with van der Waals surface area (Å²) < 4.78 is 2.23. The number of aromatic carboxylic acids is 1. The standard InChI is InChI=1S/C24H29N3O2/c1-3-5-15-22-25-26-23(16-6-4-2)27(22)17-18-11-7-8-12-19(18)20-13-9-10-14-21(20)24(28)29/h7-14H,3-6,15-17H2,1-2H3,(H,28,29). The molecule has 0 aliphatic heterocycles. The van der Waals surface area contributed by atoms with Crippen LogP contribution in [0.2, 0.25) is 0 Å². The largest absolute Gasteiger partial charge is 0.478 e. The molecular weight excluding hydrogens is 362 g/mol. The zero-order valence-electron chi connectivity index (χ0n) is 17.3. The molecule has 3 aromatic rings. The predicted octanol–water partition coefficient (Wildman–Crippen LogP) is 5.38. The van der Waals surface area contributed by atoms with Crippen LogP contribution < -0.4 is 0 Å². The summed E-state index contributed by atoms with van der Waals surface area (Å²) in [6, 6.07) is 15.2. The van der Waals surface area contributed by atoms with Gasteiger partial charge in [-0.2, -0.15) is 0 Å². The zero-order valence-corrected chi connectivity index (χ0v) is 17.3. The number of aromatic nitrogens is 3. The lowest BCUT2D eigenvalue weighted by Crippen LogP contribution is -2.11. The van der Waals surface area contributed by atoms with Gasteiger partial charge in [-0.05, 0) is 35.6 Å². The molecule has 29 heavy (non-hydrogen) atoms. The first kappa shape index (κ1) is 20.8. The molecule has 5 heteroatoms. The minimum absolute atomic E-state index is 0.320. The van der Waals surface area contributed by atoms with E-state index in [4.69, 9.17) is 0 Å². The number of rotatable bonds is 10. The van der Waals surface area contributed by atoms with Crippen molar-refractivity contribution < 1.29 is 9.90 Å². The predicted molar refractivity (Wildman–Crippen MR) is 115 cm³/mol. The number of unbranched alkanes of at least 4 members (excludes halogenated alkanes) is 2. The molecule has 0 unspecified atom stereocenters. The number of aryl methyl sites for hydroxylation is 2. The summed E-state index contributed by atoms with van der Waals surface area (Å²) in [4.78, 5) is 11.7. The highest BCUT2D eigenvalue weighted by Gasteiger charge is 2.17. The average molecular weight is 392 g/mol. The number of hydrogen-bond donors (Lipinski definition) is 1. The van der Waals surface area contributed by atoms with E-state index in [0.717, 1.165) is 66.9 Å². The Morgan fingerprint density at radius 2 is 1.41 bits per heavy atom. The maximum absolute atomic E-state index is 11.7. The van der Waals surface area contributed by atoms with Gasteiger partial charge in [0.2, 0.25) is 0 Å². The van der Waals surface area contributed by atoms with Crippen molar-refractivity contribution in [3.8, 4) is 11.1 Å². The minimum atomic E-state index is -0.910. The van der Waals surface area contributed by atoms with Gasteiger partial charge in [-0.25, -0.2) is 4.79 Å². The normalized spacial score (nSPS) is 11.0. The zero-order chi connectivity index (χ0) is 20.6. The van der Waals surface area contributed by atoms with Gasteiger partial charge in [0.25, 0.3) is 0 Å². The van der Waals surface area contributed by atoms with Gasteiger partial charge >= 0.3 is 5.97 Å². The fourth-order valence-electron chi connectivity index (χ4n) is 3.59. The molecule has 1 heterocycles. The van der Waals surface area contributed by atoms with Crippen molar-refractivity contribution in [3.05, 3.63) is 71.3 Å². The Balaban J connectivity index is 2.02. The summed E-state index contributed by atoms with van der Waals surface area (Å²) >= 11 is 0. The highest BCUT2D eigenvalue weighted by Crippen LogP contribution is 2.28. The molecule has 152 valence electrons. The van der Waals surface area contributed by atoms with E-state index in [1.54, 1.807) is 12.1 Å². The molecule has 0 bridgehead atoms. The number of nitrogens with zero attached hydrogens (tertiary/aromatic N) is 3. The van der Waals surface area contributed by atoms with Crippen molar-refractivity contribution in [1.82, 2.24) is 14.8 Å². The molecule has 0 saturated carbocycles. The van der Waals surface area contributed by atoms with E-state index in [1.807, 2.05) is 30.3 Å². The van der Waals surface area contributed by atoms with E-state index in [9.17, 15) is 9.90 Å². The molecule has 3 rings (SSSR count). The Kier molecular flexibility index (Phi) is 7.17. The fourth-order valence-corrected chi connectivity index (χ4v) is 3.59. The lowest BCUT2D eigenvalue weighted by molar-refractivity contribution is 0.0697. The Morgan fingerprint density at radius 3 is 2.00 bits per heavy atom. The van der Waals surface area contributed by atoms with Gasteiger partial charge in [-0.15, -0.1) is 10.2 Å². The Morgan fingerprint density at radius 1 is 0.862 bits per heavy atom. The molecule has 0 fully saturated rings. The molecule has 0 saturated heterocycles. The third kappa shape index (κ3) is 4.91. The van der Waals surface area contributed by atoms with Gasteiger partial charge in [0.1, 0.15) is 11.6 Å². The van der Waals surface area contributed by atoms with Crippen LogP contribution in [0.5, 0.6) is 0 Å². The first-order valence-corrected chi connectivity index (χ1v) is 10.5. The van der Waals surface area contributed by atoms with Gasteiger partial charge in [0.05, 0.1) is 12.1 Å². The summed E-state index contributed by atoms with van der Waals surface area (Å²) in [7, 11) is 0. The van der Waals surface area contributed by atoms with Crippen LogP contribution in [0.1, 0.15) is 67.1 Å². The second-order valence-electron chi connectivity index (χ2n) is 7.33. The number of benzene rings is 2. The van der Waals surface area contributed by atoms with Crippen LogP contribution in [-0.4, -0.2) is 25.8 Å². The Hall–Kier alpha value is -2.95. The Labute approximate surface area is 172 Å². The van der Waals surface area contributed by atoms with Crippen LogP contribution in [0, 0.1) is 0 Å². The first-order chi connectivity index (χ1) is 14.2. The molecular formula is C24H29N3O2. The van der Waals surface area contributed by atoms with Crippen molar-refractivity contribution in [3.63, 3.8) is 0 Å². The number of hydrogen-bond acceptors (Lipinski definition) is 3. The molecule has 0 spiro atoms. The SMILES string of the molecule is CCCCc1nnc(CCCC)n1Cc1ccccc1-c1ccccc1C(=O)O. The van der Waals surface area contributed by atoms with Crippen LogP contribution in [0.15, 0.2) is 48.5 Å². The van der Waals surface area contributed by atoms with Gasteiger partial charge < -0.3 is 9.67 Å². The van der Waals surface area contributed by atoms with E-state index in [0.29, 0.717) is 12.1 Å². The third-order valence-corrected chi connectivity index (χ3v) is 5.21. The second kappa shape index (κ2) is 10.0. The van der Waals surface area contributed by atoms with Crippen LogP contribution in [0.4, 0.5) is 0 Å². The first-order valence-electron chi connectivity index (χ1n) is 10.5. The lowest BCUT2D eigenvalue weighted by atomic mass is 9.95. The summed E-state index contributed by atoms with van der Waals surface area (Å²) in [5, 5.41) is 18.6. The second-order valence-corrected chi connectivity index (χ2v) is 7.33. The summed E-state index contributed by atoms with van der Waals surface area (Å²) in [6.45, 7) is 5.00. The monoisotopic (exact) mass is 391 g/mol. The number of carboxylic acid groups (broad SMARTS) is 1. The van der Waals surface area contributed by atoms with E-state index < -0.39 is 5.97 Å². The van der Waals surface area contributed by atoms with Crippen LogP contribution >= 0.6 is 0 Å². The molecule has 0 aliphatic carbocycles. The van der Waals surface area contributed by atoms with Gasteiger partial charge in [0.15, 0.2) is 0 Å². The van der Waals surface area contributed by atoms with Crippen molar-refractivity contribution in [2.45, 2.75) is 58.9 Å². The lowest BCUT2D eigenvalue weighted by Gasteiger charge is -2.15. The number of carbonyl (C=O) groups is 1. The average Bonchev–Trinajstić information content (AvgIpc) is 3.12. The third-order valence-electron chi connectivity index (χ3n) is 5.21. The van der Waals surface area contributed by atoms with Crippen molar-refractivity contribution in [2.75, 3.05) is 0 Å². The molecule has 0 radical (unpaired) electrons. The molecule has 0 atom stereocenters. The van der Waals surface area contributed by atoms with Crippen molar-refractivity contribution in [1.29, 1.82) is 0 Å². The molecule has 2 aromatic carbocycles. The Bertz CT molecular complexity index is 937. The maximum atomic E-state index is 11.7. The van der Waals surface area contributed by atoms with E-state index in [-0.39, 0.29) is 0 Å². The quantitative estimate of drug-likeness (QED) is 0.504. The molecule has 0 amide bonds. The summed E-state index contributed by atoms with van der Waals surface area (Å²) in [5.41, 5.74) is 3.09. The van der Waals surface area contributed by atoms with Gasteiger partial charge in [-0.3, -0.25) is 0 Å². The smallest absolute Gasteiger partial charge is 0.336 e. The van der Waals surface area contributed by atoms with Gasteiger partial charge in [-0.1, -0.05) is 69.2 Å². The van der Waals surface area contributed by atoms with E-state index in [1.165, 1.54) is 0 Å². The molecule has 1 aromatic heterocycles. The molecule has 1 N–H and O–H groups in total. The fraction of sp³-hybridized carbons (Fsp3) is 0.375. The van der Waals surface area contributed by atoms with Crippen LogP contribution in [0.25, 0.3) is 11.1 Å². The maximum Gasteiger partial charge on any atom is 0.336 e. The summed E-state index contributed by atoms with van der Waals surface area (Å²) in [5.74, 6) is 1.12. The minimum Gasteiger partial charge on any atom is -0.478 e. The number of carboxylic acids is 1. The molecule has 0 aliphatic rings. The highest BCUT2D eigenvalue weighted by molar-refractivity contribution is 5.96. The molecule has 5 nitrogen and oxygen atoms in total. The van der Waals surface area contributed by atoms with E-state index >= 15 is 0 Å². The highest BCUT2D eigenvalue weighted by atomic mass is 16.4. The topological polar surface area (TPSA) is 68.0 Å². The van der Waals surface area contributed by atoms with Crippen LogP contribution in [0.3, 0.4) is 0 Å². The van der Waals surface area contributed by atoms with E-state index in [2.05, 4.69) is 34.7 Å². The summed E-state index contributed by atoms with van der Waals surface area (Å²) in [6.07, 6.45) is 6.19. The van der Waals surface area contributed by atoms with Crippen LogP contribution in [-0.2, 0) is 19.4 Å². The van der Waals surface area contributed by atoms with Crippen molar-refractivity contribution >= 4 is 5.97 Å².